The molecule has 23 heavy (non-hydrogen) atoms. The summed E-state index contributed by atoms with van der Waals surface area (Å²) in [5.74, 6) is 0.690. The summed E-state index contributed by atoms with van der Waals surface area (Å²) in [6, 6.07) is 5.67. The van der Waals surface area contributed by atoms with Crippen molar-refractivity contribution in [2.45, 2.75) is 20.4 Å². The van der Waals surface area contributed by atoms with Crippen molar-refractivity contribution >= 4 is 17.4 Å². The van der Waals surface area contributed by atoms with Gasteiger partial charge in [0, 0.05) is 6.92 Å². The van der Waals surface area contributed by atoms with Crippen molar-refractivity contribution in [3.63, 3.8) is 0 Å². The van der Waals surface area contributed by atoms with Crippen LogP contribution in [0.25, 0.3) is 0 Å². The van der Waals surface area contributed by atoms with Crippen LogP contribution in [0.1, 0.15) is 11.4 Å². The predicted octanol–water partition coefficient (Wildman–Crippen LogP) is 1.83. The van der Waals surface area contributed by atoms with E-state index in [1.807, 2.05) is 25.1 Å². The lowest BCUT2D eigenvalue weighted by molar-refractivity contribution is -0.389. The Hall–Kier alpha value is -2.90. The number of benzene rings is 1. The summed E-state index contributed by atoms with van der Waals surface area (Å²) < 4.78 is 7.06. The van der Waals surface area contributed by atoms with E-state index in [1.165, 1.54) is 10.8 Å². The third kappa shape index (κ3) is 2.87. The van der Waals surface area contributed by atoms with Crippen LogP contribution in [-0.4, -0.2) is 33.5 Å². The topological polar surface area (TPSA) is 90.5 Å². The molecule has 2 aromatic rings. The minimum atomic E-state index is -0.568. The number of carbonyl (C=O) groups excluding carboxylic acids is 1. The van der Waals surface area contributed by atoms with Gasteiger partial charge in [0.2, 0.25) is 11.7 Å². The van der Waals surface area contributed by atoms with Gasteiger partial charge in [-0.25, -0.2) is 0 Å². The number of ether oxygens (including phenoxy) is 1. The number of aromatic nitrogens is 2. The van der Waals surface area contributed by atoms with Crippen molar-refractivity contribution in [1.82, 2.24) is 9.55 Å². The zero-order chi connectivity index (χ0) is 16.6. The third-order valence-electron chi connectivity index (χ3n) is 3.73. The lowest BCUT2D eigenvalue weighted by atomic mass is 10.1. The van der Waals surface area contributed by atoms with Crippen molar-refractivity contribution in [3.05, 3.63) is 45.9 Å². The van der Waals surface area contributed by atoms with Gasteiger partial charge in [0.15, 0.2) is 0 Å². The van der Waals surface area contributed by atoms with E-state index in [-0.39, 0.29) is 18.3 Å². The molecule has 0 bridgehead atoms. The number of anilines is 1. The molecule has 0 unspecified atom stereocenters. The van der Waals surface area contributed by atoms with E-state index in [4.69, 9.17) is 4.74 Å². The molecule has 1 amide bonds. The van der Waals surface area contributed by atoms with Gasteiger partial charge in [-0.1, -0.05) is 6.07 Å². The molecule has 0 saturated carbocycles. The van der Waals surface area contributed by atoms with Crippen LogP contribution >= 0.6 is 0 Å². The van der Waals surface area contributed by atoms with Gasteiger partial charge in [-0.05, 0) is 34.5 Å². The molecular weight excluding hydrogens is 300 g/mol. The molecule has 1 aromatic carbocycles. The summed E-state index contributed by atoms with van der Waals surface area (Å²) >= 11 is 0. The van der Waals surface area contributed by atoms with Crippen LogP contribution in [0.3, 0.4) is 0 Å². The average Bonchev–Trinajstić information content (AvgIpc) is 2.88. The molecule has 0 spiro atoms. The zero-order valence-corrected chi connectivity index (χ0v) is 12.9. The van der Waals surface area contributed by atoms with E-state index < -0.39 is 4.92 Å². The molecule has 0 atom stereocenters. The minimum absolute atomic E-state index is 0.0000548. The Balaban J connectivity index is 1.85. The SMILES string of the molecule is Cc1ccc2c(c1)N(C(=O)Cn1cc([N+](=O)[O-])nc1C)CCO2. The maximum absolute atomic E-state index is 12.6. The summed E-state index contributed by atoms with van der Waals surface area (Å²) in [6.07, 6.45) is 1.28. The largest absolute Gasteiger partial charge is 0.490 e. The molecule has 8 nitrogen and oxygen atoms in total. The standard InChI is InChI=1S/C15H16N4O4/c1-10-3-4-13-12(7-10)18(5-6-23-13)15(20)9-17-8-14(19(21)22)16-11(17)2/h3-4,7-8H,5-6,9H2,1-2H3. The smallest absolute Gasteiger partial charge is 0.381 e. The molecule has 0 N–H and O–H groups in total. The first kappa shape index (κ1) is 15.0. The molecule has 1 aliphatic rings. The van der Waals surface area contributed by atoms with Crippen LogP contribution < -0.4 is 9.64 Å². The third-order valence-corrected chi connectivity index (χ3v) is 3.73. The lowest BCUT2D eigenvalue weighted by Gasteiger charge is -2.30. The highest BCUT2D eigenvalue weighted by molar-refractivity contribution is 5.95. The van der Waals surface area contributed by atoms with E-state index in [9.17, 15) is 14.9 Å². The summed E-state index contributed by atoms with van der Waals surface area (Å²) in [7, 11) is 0. The Morgan fingerprint density at radius 3 is 2.91 bits per heavy atom. The van der Waals surface area contributed by atoms with E-state index >= 15 is 0 Å². The minimum Gasteiger partial charge on any atom is -0.490 e. The molecule has 1 aliphatic heterocycles. The van der Waals surface area contributed by atoms with E-state index in [0.29, 0.717) is 24.7 Å². The fourth-order valence-electron chi connectivity index (χ4n) is 2.56. The highest BCUT2D eigenvalue weighted by Gasteiger charge is 2.25. The van der Waals surface area contributed by atoms with Gasteiger partial charge in [-0.15, -0.1) is 0 Å². The van der Waals surface area contributed by atoms with Crippen LogP contribution in [-0.2, 0) is 11.3 Å². The Morgan fingerprint density at radius 2 is 2.22 bits per heavy atom. The number of hydrogen-bond acceptors (Lipinski definition) is 5. The molecular formula is C15H16N4O4. The van der Waals surface area contributed by atoms with Crippen molar-refractivity contribution in [3.8, 4) is 5.75 Å². The number of imidazole rings is 1. The van der Waals surface area contributed by atoms with Crippen LogP contribution in [0.5, 0.6) is 5.75 Å². The monoisotopic (exact) mass is 316 g/mol. The number of nitro groups is 1. The number of carbonyl (C=O) groups is 1. The highest BCUT2D eigenvalue weighted by atomic mass is 16.6. The summed E-state index contributed by atoms with van der Waals surface area (Å²) in [4.78, 5) is 28.3. The fraction of sp³-hybridized carbons (Fsp3) is 0.333. The number of hydrogen-bond donors (Lipinski definition) is 0. The first-order valence-corrected chi connectivity index (χ1v) is 7.17. The first-order chi connectivity index (χ1) is 11.0. The number of fused-ring (bicyclic) bond motifs is 1. The van der Waals surface area contributed by atoms with E-state index in [2.05, 4.69) is 4.98 Å². The molecule has 0 saturated heterocycles. The molecule has 1 aromatic heterocycles. The summed E-state index contributed by atoms with van der Waals surface area (Å²) in [5.41, 5.74) is 1.76. The fourth-order valence-corrected chi connectivity index (χ4v) is 2.56. The Bertz CT molecular complexity index is 784. The van der Waals surface area contributed by atoms with Gasteiger partial charge in [0.05, 0.1) is 12.2 Å². The van der Waals surface area contributed by atoms with Gasteiger partial charge in [0.25, 0.3) is 0 Å². The van der Waals surface area contributed by atoms with Crippen LogP contribution in [0.4, 0.5) is 11.5 Å². The molecule has 120 valence electrons. The summed E-state index contributed by atoms with van der Waals surface area (Å²) in [6.45, 7) is 4.45. The Morgan fingerprint density at radius 1 is 1.43 bits per heavy atom. The molecule has 3 rings (SSSR count). The first-order valence-electron chi connectivity index (χ1n) is 7.17. The second-order valence-electron chi connectivity index (χ2n) is 5.40. The van der Waals surface area contributed by atoms with E-state index in [1.54, 1.807) is 11.8 Å². The molecule has 0 radical (unpaired) electrons. The van der Waals surface area contributed by atoms with Crippen molar-refractivity contribution in [1.29, 1.82) is 0 Å². The Labute approximate surface area is 132 Å². The Kier molecular flexibility index (Phi) is 3.73. The summed E-state index contributed by atoms with van der Waals surface area (Å²) in [5, 5.41) is 10.8. The maximum atomic E-state index is 12.6. The second kappa shape index (κ2) is 5.71. The zero-order valence-electron chi connectivity index (χ0n) is 12.9. The number of amides is 1. The van der Waals surface area contributed by atoms with Gasteiger partial charge in [-0.2, -0.15) is 0 Å². The van der Waals surface area contributed by atoms with Gasteiger partial charge in [0.1, 0.15) is 25.1 Å². The molecule has 0 aliphatic carbocycles. The average molecular weight is 316 g/mol. The predicted molar refractivity (Wildman–Crippen MR) is 82.6 cm³/mol. The highest BCUT2D eigenvalue weighted by Crippen LogP contribution is 2.32. The maximum Gasteiger partial charge on any atom is 0.381 e. The lowest BCUT2D eigenvalue weighted by Crippen LogP contribution is -2.40. The normalized spacial score (nSPS) is 13.4. The quantitative estimate of drug-likeness (QED) is 0.636. The number of rotatable bonds is 3. The second-order valence-corrected chi connectivity index (χ2v) is 5.40. The molecule has 8 heteroatoms. The van der Waals surface area contributed by atoms with Gasteiger partial charge < -0.3 is 19.8 Å². The number of nitrogens with zero attached hydrogens (tertiary/aromatic N) is 4. The van der Waals surface area contributed by atoms with Crippen LogP contribution in [0.2, 0.25) is 0 Å². The van der Waals surface area contributed by atoms with Crippen molar-refractivity contribution in [2.24, 2.45) is 0 Å². The van der Waals surface area contributed by atoms with Gasteiger partial charge in [-0.3, -0.25) is 9.36 Å². The van der Waals surface area contributed by atoms with Crippen molar-refractivity contribution in [2.75, 3.05) is 18.1 Å². The molecule has 2 heterocycles. The van der Waals surface area contributed by atoms with Crippen LogP contribution in [0.15, 0.2) is 24.4 Å². The van der Waals surface area contributed by atoms with Gasteiger partial charge >= 0.3 is 5.82 Å². The van der Waals surface area contributed by atoms with Crippen molar-refractivity contribution < 1.29 is 14.5 Å². The number of aryl methyl sites for hydroxylation is 2. The molecule has 0 fully saturated rings. The van der Waals surface area contributed by atoms with E-state index in [0.717, 1.165) is 11.3 Å². The van der Waals surface area contributed by atoms with Crippen LogP contribution in [0, 0.1) is 24.0 Å².